The maximum absolute atomic E-state index is 12.0. The maximum atomic E-state index is 12.0. The molecule has 0 spiro atoms. The van der Waals surface area contributed by atoms with Gasteiger partial charge < -0.3 is 14.7 Å². The first kappa shape index (κ1) is 17.9. The molecule has 1 aromatic carbocycles. The van der Waals surface area contributed by atoms with Gasteiger partial charge >= 0.3 is 0 Å². The summed E-state index contributed by atoms with van der Waals surface area (Å²) in [6, 6.07) is 6.39. The number of ether oxygens (including phenoxy) is 1. The molecule has 120 valence electrons. The molecule has 0 saturated heterocycles. The summed E-state index contributed by atoms with van der Waals surface area (Å²) in [5.74, 6) is 0. The van der Waals surface area contributed by atoms with E-state index in [2.05, 4.69) is 4.72 Å². The number of methoxy groups -OCH3 is 1. The summed E-state index contributed by atoms with van der Waals surface area (Å²) < 4.78 is 31.4. The Balaban J connectivity index is 2.78. The third-order valence-corrected chi connectivity index (χ3v) is 4.50. The second kappa shape index (κ2) is 7.74. The molecule has 6 nitrogen and oxygen atoms in total. The highest BCUT2D eigenvalue weighted by Gasteiger charge is 2.15. The zero-order chi connectivity index (χ0) is 16.0. The Kier molecular flexibility index (Phi) is 6.60. The van der Waals surface area contributed by atoms with Gasteiger partial charge in [0.1, 0.15) is 0 Å². The summed E-state index contributed by atoms with van der Waals surface area (Å²) in [4.78, 5) is 2.07. The molecule has 0 radical (unpaired) electrons. The monoisotopic (exact) mass is 316 g/mol. The van der Waals surface area contributed by atoms with Crippen LogP contribution < -0.4 is 9.62 Å². The van der Waals surface area contributed by atoms with Gasteiger partial charge in [-0.15, -0.1) is 0 Å². The highest BCUT2D eigenvalue weighted by Crippen LogP contribution is 2.17. The lowest BCUT2D eigenvalue weighted by molar-refractivity contribution is 0.0695. The van der Waals surface area contributed by atoms with Crippen molar-refractivity contribution in [2.75, 3.05) is 32.2 Å². The molecule has 0 fully saturated rings. The molecule has 7 heteroatoms. The standard InChI is InChI=1S/C14H24N2O4S/c1-11(2)15-21(18,19)14-7-5-12(6-8-14)16(3)9-13(17)10-20-4/h5-8,11,13,15,17H,9-10H2,1-4H3. The van der Waals surface area contributed by atoms with Gasteiger partial charge in [-0.2, -0.15) is 0 Å². The molecule has 1 unspecified atom stereocenters. The average Bonchev–Trinajstić information content (AvgIpc) is 2.37. The van der Waals surface area contributed by atoms with Crippen LogP contribution in [0.5, 0.6) is 0 Å². The second-order valence-corrected chi connectivity index (χ2v) is 6.97. The molecule has 0 aliphatic carbocycles. The molecule has 0 aliphatic heterocycles. The van der Waals surface area contributed by atoms with Gasteiger partial charge in [-0.3, -0.25) is 0 Å². The summed E-state index contributed by atoms with van der Waals surface area (Å²) in [5, 5.41) is 9.69. The van der Waals surface area contributed by atoms with Crippen LogP contribution in [-0.4, -0.2) is 53.0 Å². The van der Waals surface area contributed by atoms with Gasteiger partial charge in [0.25, 0.3) is 0 Å². The van der Waals surface area contributed by atoms with Gasteiger partial charge in [0.15, 0.2) is 0 Å². The fourth-order valence-electron chi connectivity index (χ4n) is 1.92. The summed E-state index contributed by atoms with van der Waals surface area (Å²) in [7, 11) is -0.111. The Labute approximate surface area is 126 Å². The van der Waals surface area contributed by atoms with E-state index < -0.39 is 16.1 Å². The minimum absolute atomic E-state index is 0.151. The van der Waals surface area contributed by atoms with Gasteiger partial charge in [0, 0.05) is 32.4 Å². The first-order valence-electron chi connectivity index (χ1n) is 6.76. The third kappa shape index (κ3) is 5.62. The fraction of sp³-hybridized carbons (Fsp3) is 0.571. The van der Waals surface area contributed by atoms with E-state index in [4.69, 9.17) is 4.74 Å². The normalized spacial score (nSPS) is 13.4. The van der Waals surface area contributed by atoms with Crippen molar-refractivity contribution in [3.8, 4) is 0 Å². The molecule has 1 atom stereocenters. The van der Waals surface area contributed by atoms with Crippen LogP contribution in [0.1, 0.15) is 13.8 Å². The molecule has 2 N–H and O–H groups in total. The molecule has 0 amide bonds. The second-order valence-electron chi connectivity index (χ2n) is 5.26. The van der Waals surface area contributed by atoms with Gasteiger partial charge in [0.05, 0.1) is 17.6 Å². The summed E-state index contributed by atoms with van der Waals surface area (Å²) in [6.07, 6.45) is -0.592. The Hall–Kier alpha value is -1.15. The summed E-state index contributed by atoms with van der Waals surface area (Å²) in [5.41, 5.74) is 0.827. The highest BCUT2D eigenvalue weighted by atomic mass is 32.2. The van der Waals surface area contributed by atoms with E-state index in [0.29, 0.717) is 6.54 Å². The Morgan fingerprint density at radius 3 is 2.33 bits per heavy atom. The molecule has 1 rings (SSSR count). The van der Waals surface area contributed by atoms with Crippen LogP contribution in [0, 0.1) is 0 Å². The molecule has 21 heavy (non-hydrogen) atoms. The lowest BCUT2D eigenvalue weighted by Gasteiger charge is -2.22. The van der Waals surface area contributed by atoms with E-state index in [9.17, 15) is 13.5 Å². The number of nitrogens with one attached hydrogen (secondary N) is 1. The largest absolute Gasteiger partial charge is 0.389 e. The molecule has 1 aromatic rings. The van der Waals surface area contributed by atoms with Crippen molar-refractivity contribution >= 4 is 15.7 Å². The number of anilines is 1. The van der Waals surface area contributed by atoms with Crippen molar-refractivity contribution in [3.05, 3.63) is 24.3 Å². The van der Waals surface area contributed by atoms with Crippen LogP contribution in [0.15, 0.2) is 29.2 Å². The number of nitrogens with zero attached hydrogens (tertiary/aromatic N) is 1. The minimum atomic E-state index is -3.47. The minimum Gasteiger partial charge on any atom is -0.389 e. The van der Waals surface area contributed by atoms with Gasteiger partial charge in [-0.1, -0.05) is 0 Å². The van der Waals surface area contributed by atoms with Crippen molar-refractivity contribution in [3.63, 3.8) is 0 Å². The molecule has 0 aromatic heterocycles. The Bertz CT molecular complexity index is 528. The van der Waals surface area contributed by atoms with Crippen molar-refractivity contribution in [1.29, 1.82) is 0 Å². The number of hydrogen-bond donors (Lipinski definition) is 2. The first-order valence-corrected chi connectivity index (χ1v) is 8.25. The number of aliphatic hydroxyl groups excluding tert-OH is 1. The van der Waals surface area contributed by atoms with E-state index in [0.717, 1.165) is 5.69 Å². The van der Waals surface area contributed by atoms with Crippen LogP contribution in [-0.2, 0) is 14.8 Å². The summed E-state index contributed by atoms with van der Waals surface area (Å²) in [6.45, 7) is 4.22. The van der Waals surface area contributed by atoms with Gasteiger partial charge in [-0.25, -0.2) is 13.1 Å². The molecule has 0 bridgehead atoms. The molecular formula is C14H24N2O4S. The smallest absolute Gasteiger partial charge is 0.240 e. The SMILES string of the molecule is COCC(O)CN(C)c1ccc(S(=O)(=O)NC(C)C)cc1. The van der Waals surface area contributed by atoms with Crippen LogP contribution in [0.2, 0.25) is 0 Å². The van der Waals surface area contributed by atoms with Crippen molar-refractivity contribution in [2.24, 2.45) is 0 Å². The molecule has 0 aliphatic rings. The predicted octanol–water partition coefficient (Wildman–Crippen LogP) is 0.817. The molecule has 0 heterocycles. The number of aliphatic hydroxyl groups is 1. The fourth-order valence-corrected chi connectivity index (χ4v) is 3.18. The molecular weight excluding hydrogens is 292 g/mol. The van der Waals surface area contributed by atoms with E-state index >= 15 is 0 Å². The zero-order valence-corrected chi connectivity index (χ0v) is 13.7. The first-order chi connectivity index (χ1) is 9.76. The van der Waals surface area contributed by atoms with Crippen molar-refractivity contribution in [2.45, 2.75) is 30.9 Å². The quantitative estimate of drug-likeness (QED) is 0.742. The van der Waals surface area contributed by atoms with Crippen LogP contribution in [0.25, 0.3) is 0 Å². The van der Waals surface area contributed by atoms with E-state index in [1.807, 2.05) is 11.9 Å². The predicted molar refractivity (Wildman–Crippen MR) is 83.1 cm³/mol. The van der Waals surface area contributed by atoms with E-state index in [1.165, 1.54) is 7.11 Å². The summed E-state index contributed by atoms with van der Waals surface area (Å²) >= 11 is 0. The number of benzene rings is 1. The number of rotatable bonds is 8. The Morgan fingerprint density at radius 2 is 1.86 bits per heavy atom. The lowest BCUT2D eigenvalue weighted by atomic mass is 10.2. The molecule has 0 saturated carbocycles. The maximum Gasteiger partial charge on any atom is 0.240 e. The number of hydrogen-bond acceptors (Lipinski definition) is 5. The number of sulfonamides is 1. The third-order valence-electron chi connectivity index (χ3n) is 2.82. The Morgan fingerprint density at radius 1 is 1.29 bits per heavy atom. The lowest BCUT2D eigenvalue weighted by Crippen LogP contribution is -2.32. The van der Waals surface area contributed by atoms with Crippen molar-refractivity contribution < 1.29 is 18.3 Å². The zero-order valence-electron chi connectivity index (χ0n) is 12.9. The van der Waals surface area contributed by atoms with Crippen LogP contribution in [0.3, 0.4) is 0 Å². The van der Waals surface area contributed by atoms with Crippen molar-refractivity contribution in [1.82, 2.24) is 4.72 Å². The van der Waals surface area contributed by atoms with E-state index in [-0.39, 0.29) is 17.5 Å². The van der Waals surface area contributed by atoms with Crippen LogP contribution >= 0.6 is 0 Å². The van der Waals surface area contributed by atoms with E-state index in [1.54, 1.807) is 38.1 Å². The van der Waals surface area contributed by atoms with Gasteiger partial charge in [0.2, 0.25) is 10.0 Å². The van der Waals surface area contributed by atoms with Crippen LogP contribution in [0.4, 0.5) is 5.69 Å². The topological polar surface area (TPSA) is 78.9 Å². The number of likely N-dealkylation sites (N-methyl/N-ethyl adjacent to an activating group) is 1. The average molecular weight is 316 g/mol. The van der Waals surface area contributed by atoms with Gasteiger partial charge in [-0.05, 0) is 38.1 Å². The highest BCUT2D eigenvalue weighted by molar-refractivity contribution is 7.89.